The molecule has 166 valence electrons. The average molecular weight is 440 g/mol. The molecule has 0 saturated carbocycles. The van der Waals surface area contributed by atoms with Crippen LogP contribution in [0, 0.1) is 11.3 Å². The highest BCUT2D eigenvalue weighted by Crippen LogP contribution is 2.37. The van der Waals surface area contributed by atoms with Crippen LogP contribution in [-0.4, -0.2) is 21.2 Å². The molecule has 1 aliphatic carbocycles. The number of rotatable bonds is 7. The fourth-order valence-electron chi connectivity index (χ4n) is 4.34. The quantitative estimate of drug-likeness (QED) is 0.412. The zero-order chi connectivity index (χ0) is 22.8. The summed E-state index contributed by atoms with van der Waals surface area (Å²) in [5.74, 6) is 1.50. The third kappa shape index (κ3) is 4.26. The lowest BCUT2D eigenvalue weighted by Gasteiger charge is -2.14. The number of nitriles is 1. The largest absolute Gasteiger partial charge is 0.490 e. The maximum absolute atomic E-state index is 9.52. The summed E-state index contributed by atoms with van der Waals surface area (Å²) in [5, 5.41) is 17.4. The number of nitrogens with zero attached hydrogens (tertiary/aromatic N) is 3. The van der Waals surface area contributed by atoms with Crippen LogP contribution < -0.4 is 10.1 Å². The van der Waals surface area contributed by atoms with E-state index in [0.29, 0.717) is 34.6 Å². The molecule has 0 spiro atoms. The summed E-state index contributed by atoms with van der Waals surface area (Å²) >= 11 is 0. The second kappa shape index (κ2) is 8.93. The van der Waals surface area contributed by atoms with Gasteiger partial charge in [0.2, 0.25) is 5.82 Å². The van der Waals surface area contributed by atoms with Gasteiger partial charge in [-0.15, -0.1) is 0 Å². The van der Waals surface area contributed by atoms with Gasteiger partial charge in [-0.05, 0) is 68.1 Å². The Morgan fingerprint density at radius 3 is 2.94 bits per heavy atom. The molecule has 0 unspecified atom stereocenters. The molecular formula is C26H25N5O2. The number of hydrogen-bond donors (Lipinski definition) is 2. The van der Waals surface area contributed by atoms with Crippen molar-refractivity contribution >= 4 is 0 Å². The van der Waals surface area contributed by atoms with Gasteiger partial charge < -0.3 is 19.6 Å². The van der Waals surface area contributed by atoms with Gasteiger partial charge >= 0.3 is 0 Å². The summed E-state index contributed by atoms with van der Waals surface area (Å²) in [6.45, 7) is 4.65. The minimum Gasteiger partial charge on any atom is -0.490 e. The molecule has 0 amide bonds. The minimum absolute atomic E-state index is 0.0146. The van der Waals surface area contributed by atoms with Crippen molar-refractivity contribution in [3.8, 4) is 34.7 Å². The van der Waals surface area contributed by atoms with Crippen molar-refractivity contribution in [1.29, 1.82) is 5.26 Å². The minimum atomic E-state index is -0.0146. The Morgan fingerprint density at radius 1 is 1.24 bits per heavy atom. The highest BCUT2D eigenvalue weighted by molar-refractivity contribution is 5.67. The maximum Gasteiger partial charge on any atom is 0.258 e. The van der Waals surface area contributed by atoms with Gasteiger partial charge in [0.05, 0.1) is 11.7 Å². The summed E-state index contributed by atoms with van der Waals surface area (Å²) in [7, 11) is 0. The van der Waals surface area contributed by atoms with Gasteiger partial charge in [0.25, 0.3) is 5.89 Å². The molecule has 4 aromatic rings. The summed E-state index contributed by atoms with van der Waals surface area (Å²) in [4.78, 5) is 7.89. The Balaban J connectivity index is 1.39. The van der Waals surface area contributed by atoms with E-state index < -0.39 is 0 Å². The Morgan fingerprint density at radius 2 is 2.15 bits per heavy atom. The first kappa shape index (κ1) is 21.0. The summed E-state index contributed by atoms with van der Waals surface area (Å²) < 4.78 is 11.3. The lowest BCUT2D eigenvalue weighted by atomic mass is 10.0. The Kier molecular flexibility index (Phi) is 5.68. The van der Waals surface area contributed by atoms with Gasteiger partial charge in [0.1, 0.15) is 11.8 Å². The van der Waals surface area contributed by atoms with Crippen molar-refractivity contribution in [1.82, 2.24) is 20.4 Å². The van der Waals surface area contributed by atoms with E-state index in [4.69, 9.17) is 9.26 Å². The number of benzene rings is 2. The molecule has 1 atom stereocenters. The molecule has 5 rings (SSSR count). The normalized spacial score (nSPS) is 14.9. The van der Waals surface area contributed by atoms with E-state index in [0.717, 1.165) is 24.9 Å². The molecular weight excluding hydrogens is 414 g/mol. The molecule has 33 heavy (non-hydrogen) atoms. The van der Waals surface area contributed by atoms with Crippen LogP contribution in [0.4, 0.5) is 0 Å². The predicted molar refractivity (Wildman–Crippen MR) is 124 cm³/mol. The van der Waals surface area contributed by atoms with E-state index in [1.54, 1.807) is 12.1 Å². The number of ether oxygens (including phenoxy) is 1. The van der Waals surface area contributed by atoms with Crippen molar-refractivity contribution < 1.29 is 9.26 Å². The molecule has 2 heterocycles. The fraction of sp³-hybridized carbons (Fsp3) is 0.269. The zero-order valence-electron chi connectivity index (χ0n) is 18.6. The third-order valence-electron chi connectivity index (χ3n) is 5.85. The van der Waals surface area contributed by atoms with Crippen LogP contribution in [0.2, 0.25) is 0 Å². The summed E-state index contributed by atoms with van der Waals surface area (Å²) in [6, 6.07) is 18.2. The molecule has 0 radical (unpaired) electrons. The van der Waals surface area contributed by atoms with E-state index in [1.807, 2.05) is 44.3 Å². The van der Waals surface area contributed by atoms with E-state index in [1.165, 1.54) is 16.8 Å². The standard InChI is InChI=1S/C26H25N5O2/c1-16(2)32-24-11-8-17(13-18(24)14-27)26-30-25(31-33-26)22-7-3-6-21-20(22)9-10-23(21)29-15-19-5-4-12-28-19/h3-8,11-13,16,23,28-29H,9-10,15H2,1-2H3/t23-/m0/s1. The smallest absolute Gasteiger partial charge is 0.258 e. The lowest BCUT2D eigenvalue weighted by molar-refractivity contribution is 0.241. The molecule has 2 aromatic heterocycles. The van der Waals surface area contributed by atoms with Gasteiger partial charge in [-0.3, -0.25) is 0 Å². The molecule has 7 nitrogen and oxygen atoms in total. The van der Waals surface area contributed by atoms with E-state index >= 15 is 0 Å². The van der Waals surface area contributed by atoms with Crippen LogP contribution in [0.1, 0.15) is 48.7 Å². The van der Waals surface area contributed by atoms with Gasteiger partial charge in [-0.25, -0.2) is 0 Å². The Bertz CT molecular complexity index is 1300. The lowest BCUT2D eigenvalue weighted by Crippen LogP contribution is -2.18. The first-order valence-electron chi connectivity index (χ1n) is 11.1. The summed E-state index contributed by atoms with van der Waals surface area (Å²) in [6.07, 6.45) is 3.91. The number of nitrogens with one attached hydrogen (secondary N) is 2. The number of H-pyrrole nitrogens is 1. The molecule has 7 heteroatoms. The van der Waals surface area contributed by atoms with Gasteiger partial charge in [0, 0.05) is 35.6 Å². The van der Waals surface area contributed by atoms with Crippen LogP contribution >= 0.6 is 0 Å². The molecule has 2 aromatic carbocycles. The van der Waals surface area contributed by atoms with Crippen molar-refractivity contribution in [3.05, 3.63) is 77.1 Å². The monoisotopic (exact) mass is 439 g/mol. The van der Waals surface area contributed by atoms with E-state index in [2.05, 4.69) is 38.6 Å². The third-order valence-corrected chi connectivity index (χ3v) is 5.85. The van der Waals surface area contributed by atoms with Crippen LogP contribution in [-0.2, 0) is 13.0 Å². The first-order valence-corrected chi connectivity index (χ1v) is 11.1. The molecule has 2 N–H and O–H groups in total. The molecule has 1 aliphatic rings. The predicted octanol–water partition coefficient (Wildman–Crippen LogP) is 5.17. The molecule has 0 fully saturated rings. The van der Waals surface area contributed by atoms with Crippen molar-refractivity contribution in [2.75, 3.05) is 0 Å². The van der Waals surface area contributed by atoms with E-state index in [9.17, 15) is 5.26 Å². The van der Waals surface area contributed by atoms with Crippen LogP contribution in [0.5, 0.6) is 5.75 Å². The van der Waals surface area contributed by atoms with Crippen LogP contribution in [0.3, 0.4) is 0 Å². The van der Waals surface area contributed by atoms with Crippen LogP contribution in [0.15, 0.2) is 59.3 Å². The van der Waals surface area contributed by atoms with Crippen LogP contribution in [0.25, 0.3) is 22.8 Å². The number of aromatic nitrogens is 3. The van der Waals surface area contributed by atoms with Gasteiger partial charge in [0.15, 0.2) is 0 Å². The second-order valence-electron chi connectivity index (χ2n) is 8.45. The van der Waals surface area contributed by atoms with Crippen molar-refractivity contribution in [3.63, 3.8) is 0 Å². The Hall–Kier alpha value is -3.89. The summed E-state index contributed by atoms with van der Waals surface area (Å²) in [5.41, 5.74) is 5.84. The topological polar surface area (TPSA) is 99.8 Å². The maximum atomic E-state index is 9.52. The molecule has 0 bridgehead atoms. The number of aromatic amines is 1. The zero-order valence-corrected chi connectivity index (χ0v) is 18.6. The van der Waals surface area contributed by atoms with E-state index in [-0.39, 0.29) is 6.10 Å². The molecule has 0 saturated heterocycles. The van der Waals surface area contributed by atoms with Gasteiger partial charge in [-0.2, -0.15) is 10.2 Å². The Labute approximate surface area is 192 Å². The average Bonchev–Trinajstić information content (AvgIpc) is 3.58. The van der Waals surface area contributed by atoms with Crippen molar-refractivity contribution in [2.24, 2.45) is 0 Å². The highest BCUT2D eigenvalue weighted by atomic mass is 16.5. The SMILES string of the molecule is CC(C)Oc1ccc(-c2nc(-c3cccc4c3CC[C@@H]4NCc3ccc[nH]3)no2)cc1C#N. The highest BCUT2D eigenvalue weighted by Gasteiger charge is 2.26. The second-order valence-corrected chi connectivity index (χ2v) is 8.45. The molecule has 0 aliphatic heterocycles. The van der Waals surface area contributed by atoms with Crippen molar-refractivity contribution in [2.45, 2.75) is 45.4 Å². The first-order chi connectivity index (χ1) is 16.1. The number of fused-ring (bicyclic) bond motifs is 1. The fourth-order valence-corrected chi connectivity index (χ4v) is 4.34. The number of hydrogen-bond acceptors (Lipinski definition) is 6. The van der Waals surface area contributed by atoms with Gasteiger partial charge in [-0.1, -0.05) is 23.4 Å².